The van der Waals surface area contributed by atoms with Crippen LogP contribution in [0.15, 0.2) is 65.2 Å². The molecule has 0 saturated carbocycles. The average molecular weight is 628 g/mol. The number of pyridine rings is 1. The number of hydrogen-bond acceptors (Lipinski definition) is 6. The average Bonchev–Trinajstić information content (AvgIpc) is 3.51. The Kier molecular flexibility index (Phi) is 7.25. The number of nitrogens with zero attached hydrogens (tertiary/aromatic N) is 3. The normalized spacial score (nSPS) is 18.2. The Bertz CT molecular complexity index is 1900. The fourth-order valence-corrected chi connectivity index (χ4v) is 5.94. The van der Waals surface area contributed by atoms with Crippen LogP contribution in [-0.2, 0) is 11.2 Å². The first-order valence-electron chi connectivity index (χ1n) is 13.6. The van der Waals surface area contributed by atoms with Crippen LogP contribution in [0.25, 0.3) is 22.4 Å². The van der Waals surface area contributed by atoms with Gasteiger partial charge in [0, 0.05) is 46.2 Å². The van der Waals surface area contributed by atoms with Gasteiger partial charge in [-0.15, -0.1) is 0 Å². The smallest absolute Gasteiger partial charge is 0.393 e. The summed E-state index contributed by atoms with van der Waals surface area (Å²) in [5, 5.41) is 3.81. The molecule has 0 spiro atoms. The van der Waals surface area contributed by atoms with Crippen molar-refractivity contribution in [3.63, 3.8) is 0 Å². The van der Waals surface area contributed by atoms with Crippen LogP contribution in [0.1, 0.15) is 48.8 Å². The van der Waals surface area contributed by atoms with Crippen LogP contribution in [0.5, 0.6) is 0 Å². The Balaban J connectivity index is 1.37. The van der Waals surface area contributed by atoms with E-state index in [1.807, 2.05) is 6.92 Å². The maximum absolute atomic E-state index is 15.2. The van der Waals surface area contributed by atoms with Crippen LogP contribution < -0.4 is 27.5 Å². The third kappa shape index (κ3) is 5.33. The van der Waals surface area contributed by atoms with Crippen LogP contribution in [0.3, 0.4) is 0 Å². The Hall–Kier alpha value is -4.62. The van der Waals surface area contributed by atoms with Gasteiger partial charge in [0.1, 0.15) is 17.2 Å². The standard InChI is InChI=1S/C30H26ClF4N7O2/c1-14-8-23(29-39-27(28(32)40-29)16-2-5-20-15(9-16)3-7-25(43)38-20)42-22(14)10-17(11-26(42)44)19-12-18(31)4-6-21(19)41(37)13-24(36)30(33,34)35/h2,4-6,9-14,23H,3,7-8,36-37H2,1H3,(H,38,43)(H,39,40)/b24-13-/t14-,23?/m1/s1. The lowest BCUT2D eigenvalue weighted by Gasteiger charge is -2.21. The Morgan fingerprint density at radius 1 is 1.11 bits per heavy atom. The fourth-order valence-electron chi connectivity index (χ4n) is 5.77. The predicted molar refractivity (Wildman–Crippen MR) is 158 cm³/mol. The molecule has 14 heteroatoms. The number of anilines is 2. The number of amides is 1. The highest BCUT2D eigenvalue weighted by Crippen LogP contribution is 2.41. The van der Waals surface area contributed by atoms with Crippen molar-refractivity contribution < 1.29 is 22.4 Å². The molecule has 1 unspecified atom stereocenters. The quantitative estimate of drug-likeness (QED) is 0.127. The molecule has 6 rings (SSSR count). The van der Waals surface area contributed by atoms with E-state index in [2.05, 4.69) is 15.3 Å². The van der Waals surface area contributed by atoms with Crippen molar-refractivity contribution in [1.82, 2.24) is 14.5 Å². The van der Waals surface area contributed by atoms with Gasteiger partial charge in [-0.1, -0.05) is 24.6 Å². The summed E-state index contributed by atoms with van der Waals surface area (Å²) < 4.78 is 55.9. The summed E-state index contributed by atoms with van der Waals surface area (Å²) in [6.45, 7) is 1.91. The number of carbonyl (C=O) groups excluding carboxylic acids is 1. The van der Waals surface area contributed by atoms with Gasteiger partial charge in [0.05, 0.1) is 11.7 Å². The van der Waals surface area contributed by atoms with Crippen molar-refractivity contribution in [3.05, 3.63) is 98.8 Å². The number of carbonyl (C=O) groups is 1. The molecule has 1 amide bonds. The van der Waals surface area contributed by atoms with Gasteiger partial charge in [0.15, 0.2) is 0 Å². The number of allylic oxidation sites excluding steroid dienone is 1. The third-order valence-corrected chi connectivity index (χ3v) is 8.15. The van der Waals surface area contributed by atoms with E-state index in [0.717, 1.165) is 10.6 Å². The van der Waals surface area contributed by atoms with E-state index in [9.17, 15) is 22.8 Å². The molecule has 228 valence electrons. The molecule has 0 bridgehead atoms. The zero-order chi connectivity index (χ0) is 31.5. The molecule has 2 aromatic heterocycles. The van der Waals surface area contributed by atoms with Crippen molar-refractivity contribution >= 4 is 28.9 Å². The molecule has 6 N–H and O–H groups in total. The minimum Gasteiger partial charge on any atom is -0.393 e. The highest BCUT2D eigenvalue weighted by molar-refractivity contribution is 6.31. The molecule has 4 aromatic rings. The first-order valence-corrected chi connectivity index (χ1v) is 14.0. The number of aryl methyl sites for hydroxylation is 1. The first-order chi connectivity index (χ1) is 20.8. The lowest BCUT2D eigenvalue weighted by atomic mass is 9.99. The zero-order valence-corrected chi connectivity index (χ0v) is 23.9. The summed E-state index contributed by atoms with van der Waals surface area (Å²) in [6, 6.07) is 12.0. The van der Waals surface area contributed by atoms with Gasteiger partial charge in [-0.05, 0) is 66.3 Å². The number of nitrogens with one attached hydrogen (secondary N) is 2. The van der Waals surface area contributed by atoms with E-state index in [4.69, 9.17) is 23.2 Å². The highest BCUT2D eigenvalue weighted by atomic mass is 35.5. The number of aromatic nitrogens is 3. The van der Waals surface area contributed by atoms with Crippen LogP contribution in [0.2, 0.25) is 5.02 Å². The summed E-state index contributed by atoms with van der Waals surface area (Å²) in [4.78, 5) is 32.6. The number of hydrazine groups is 1. The lowest BCUT2D eigenvalue weighted by Crippen LogP contribution is -2.30. The molecule has 0 saturated heterocycles. The van der Waals surface area contributed by atoms with E-state index in [1.54, 1.807) is 24.3 Å². The van der Waals surface area contributed by atoms with E-state index in [0.29, 0.717) is 53.5 Å². The van der Waals surface area contributed by atoms with Gasteiger partial charge in [0.2, 0.25) is 11.9 Å². The monoisotopic (exact) mass is 627 g/mol. The van der Waals surface area contributed by atoms with Crippen molar-refractivity contribution in [2.75, 3.05) is 10.3 Å². The van der Waals surface area contributed by atoms with Crippen LogP contribution in [-0.4, -0.2) is 26.6 Å². The molecule has 9 nitrogen and oxygen atoms in total. The second-order valence-electron chi connectivity index (χ2n) is 10.9. The van der Waals surface area contributed by atoms with Crippen molar-refractivity contribution in [1.29, 1.82) is 0 Å². The number of fused-ring (bicyclic) bond motifs is 2. The van der Waals surface area contributed by atoms with E-state index in [-0.39, 0.29) is 34.1 Å². The second kappa shape index (κ2) is 10.8. The second-order valence-corrected chi connectivity index (χ2v) is 11.3. The number of nitrogens with two attached hydrogens (primary N) is 2. The minimum absolute atomic E-state index is 0.0731. The molecule has 2 aliphatic rings. The summed E-state index contributed by atoms with van der Waals surface area (Å²) in [6.07, 6.45) is -2.93. The van der Waals surface area contributed by atoms with Gasteiger partial charge in [-0.25, -0.2) is 10.8 Å². The van der Waals surface area contributed by atoms with Crippen LogP contribution in [0.4, 0.5) is 28.9 Å². The largest absolute Gasteiger partial charge is 0.432 e. The van der Waals surface area contributed by atoms with Crippen molar-refractivity contribution in [2.24, 2.45) is 11.6 Å². The molecular formula is C30H26ClF4N7O2. The number of imidazole rings is 1. The van der Waals surface area contributed by atoms with Crippen molar-refractivity contribution in [3.8, 4) is 22.4 Å². The Morgan fingerprint density at radius 3 is 2.64 bits per heavy atom. The van der Waals surface area contributed by atoms with Gasteiger partial charge in [-0.3, -0.25) is 14.6 Å². The summed E-state index contributed by atoms with van der Waals surface area (Å²) >= 11 is 6.22. The van der Waals surface area contributed by atoms with E-state index in [1.165, 1.54) is 28.8 Å². The topological polar surface area (TPSA) is 135 Å². The minimum atomic E-state index is -4.79. The van der Waals surface area contributed by atoms with Gasteiger partial charge < -0.3 is 20.6 Å². The molecule has 4 heterocycles. The SMILES string of the molecule is C[C@@H]1CC(c2nc(-c3ccc4c(c3)CCC(=O)N4)c(F)[nH]2)n2c1cc(-c1cc(Cl)ccc1N(N)/C=C(\N)C(F)(F)F)cc2=O. The fraction of sp³-hybridized carbons (Fsp3) is 0.233. The Morgan fingerprint density at radius 2 is 1.89 bits per heavy atom. The third-order valence-electron chi connectivity index (χ3n) is 7.91. The molecule has 0 aliphatic carbocycles. The number of rotatable bonds is 5. The number of H-pyrrole nitrogens is 1. The molecule has 44 heavy (non-hydrogen) atoms. The summed E-state index contributed by atoms with van der Waals surface area (Å²) in [7, 11) is 0. The summed E-state index contributed by atoms with van der Waals surface area (Å²) in [5.74, 6) is 5.34. The van der Waals surface area contributed by atoms with Gasteiger partial charge in [-0.2, -0.15) is 17.6 Å². The van der Waals surface area contributed by atoms with E-state index >= 15 is 4.39 Å². The maximum Gasteiger partial charge on any atom is 0.432 e. The molecule has 2 aliphatic heterocycles. The molecule has 0 fully saturated rings. The number of hydrogen-bond donors (Lipinski definition) is 4. The van der Waals surface area contributed by atoms with Gasteiger partial charge >= 0.3 is 6.18 Å². The maximum atomic E-state index is 15.2. The molecule has 0 radical (unpaired) electrons. The number of benzene rings is 2. The van der Waals surface area contributed by atoms with E-state index < -0.39 is 29.4 Å². The number of halogens is 5. The summed E-state index contributed by atoms with van der Waals surface area (Å²) in [5.41, 5.74) is 6.99. The molecular weight excluding hydrogens is 602 g/mol. The van der Waals surface area contributed by atoms with Crippen LogP contribution >= 0.6 is 11.6 Å². The highest BCUT2D eigenvalue weighted by Gasteiger charge is 2.35. The lowest BCUT2D eigenvalue weighted by molar-refractivity contribution is -0.116. The van der Waals surface area contributed by atoms with Crippen LogP contribution in [0, 0.1) is 5.95 Å². The first kappa shape index (κ1) is 29.5. The zero-order valence-electron chi connectivity index (χ0n) is 23.2. The Labute approximate surface area is 253 Å². The number of aromatic amines is 1. The number of alkyl halides is 3. The predicted octanol–water partition coefficient (Wildman–Crippen LogP) is 5.72. The molecule has 2 atom stereocenters. The van der Waals surface area contributed by atoms with Gasteiger partial charge in [0.25, 0.3) is 5.56 Å². The molecule has 2 aromatic carbocycles. The van der Waals surface area contributed by atoms with Crippen molar-refractivity contribution in [2.45, 2.75) is 44.3 Å².